The summed E-state index contributed by atoms with van der Waals surface area (Å²) in [7, 11) is -4.81. The van der Waals surface area contributed by atoms with Crippen molar-refractivity contribution in [1.82, 2.24) is 0 Å². The molecule has 10 heteroatoms. The second kappa shape index (κ2) is 36.8. The van der Waals surface area contributed by atoms with Gasteiger partial charge in [-0.2, -0.15) is 0 Å². The molecule has 3 N–H and O–H groups in total. The van der Waals surface area contributed by atoms with E-state index < -0.39 is 45.2 Å². The van der Waals surface area contributed by atoms with Crippen molar-refractivity contribution in [3.8, 4) is 0 Å². The van der Waals surface area contributed by atoms with Crippen molar-refractivity contribution in [3.05, 3.63) is 72.9 Å². The monoisotopic (exact) mass is 750 g/mol. The van der Waals surface area contributed by atoms with Crippen molar-refractivity contribution in [1.29, 1.82) is 0 Å². The summed E-state index contributed by atoms with van der Waals surface area (Å²) in [6, 6.07) is 0. The molecular formula is C42H71O9P. The highest BCUT2D eigenvalue weighted by atomic mass is 31.2. The van der Waals surface area contributed by atoms with Gasteiger partial charge in [0.25, 0.3) is 0 Å². The van der Waals surface area contributed by atoms with Crippen molar-refractivity contribution in [2.24, 2.45) is 0 Å². The lowest BCUT2D eigenvalue weighted by molar-refractivity contribution is -0.161. The van der Waals surface area contributed by atoms with Crippen LogP contribution >= 0.6 is 7.82 Å². The zero-order valence-corrected chi connectivity index (χ0v) is 33.2. The van der Waals surface area contributed by atoms with Crippen LogP contribution < -0.4 is 0 Å². The molecule has 2 atom stereocenters. The molecule has 0 aliphatic heterocycles. The number of phosphoric acid groups is 1. The first-order valence-electron chi connectivity index (χ1n) is 19.8. The Morgan fingerprint density at radius 3 is 1.58 bits per heavy atom. The summed E-state index contributed by atoms with van der Waals surface area (Å²) in [5.41, 5.74) is 0. The molecule has 0 heterocycles. The van der Waals surface area contributed by atoms with Crippen LogP contribution in [-0.2, 0) is 28.2 Å². The molecule has 0 aromatic heterocycles. The average molecular weight is 751 g/mol. The van der Waals surface area contributed by atoms with Gasteiger partial charge in [0.15, 0.2) is 6.10 Å². The van der Waals surface area contributed by atoms with E-state index in [1.54, 1.807) is 12.2 Å². The van der Waals surface area contributed by atoms with Crippen LogP contribution in [0.25, 0.3) is 0 Å². The summed E-state index contributed by atoms with van der Waals surface area (Å²) in [5.74, 6) is -1.17. The maximum Gasteiger partial charge on any atom is 0.469 e. The first kappa shape index (κ1) is 49.5. The Balaban J connectivity index is 4.20. The summed E-state index contributed by atoms with van der Waals surface area (Å²) < 4.78 is 26.2. The summed E-state index contributed by atoms with van der Waals surface area (Å²) in [5, 5.41) is 10.2. The molecule has 298 valence electrons. The fourth-order valence-corrected chi connectivity index (χ4v) is 5.49. The van der Waals surface area contributed by atoms with Gasteiger partial charge >= 0.3 is 19.8 Å². The van der Waals surface area contributed by atoms with Crippen molar-refractivity contribution >= 4 is 19.8 Å². The average Bonchev–Trinajstić information content (AvgIpc) is 3.11. The van der Waals surface area contributed by atoms with Gasteiger partial charge in [0.05, 0.1) is 12.7 Å². The Bertz CT molecular complexity index is 1090. The standard InChI is InChI=1S/C42H71O9P/c1-3-5-7-9-11-13-15-17-19-20-21-23-25-27-29-31-33-39(43)35-36-41(44)49-37-40(38-50-52(46,47)48)51-42(45)34-32-30-28-26-24-22-18-16-14-12-10-8-6-4-2/h5,7,11,13,17,19,21,23,27,29,31,33,39-40,43H,3-4,6,8-10,12,14-16,18,20,22,24-26,28,30,32,34-38H2,1-2H3,(H2,46,47,48)/b7-5-,13-11-,19-17-,23-21-,29-27-,33-31-/t39?,40-/m1/s1. The van der Waals surface area contributed by atoms with E-state index in [1.807, 2.05) is 12.2 Å². The van der Waals surface area contributed by atoms with Gasteiger partial charge in [-0.15, -0.1) is 0 Å². The van der Waals surface area contributed by atoms with Crippen molar-refractivity contribution in [3.63, 3.8) is 0 Å². The highest BCUT2D eigenvalue weighted by Crippen LogP contribution is 2.36. The van der Waals surface area contributed by atoms with Gasteiger partial charge in [0, 0.05) is 12.8 Å². The van der Waals surface area contributed by atoms with Gasteiger partial charge in [-0.05, 0) is 44.9 Å². The molecule has 0 amide bonds. The summed E-state index contributed by atoms with van der Waals surface area (Å²) in [6.07, 6.45) is 43.8. The minimum atomic E-state index is -4.81. The van der Waals surface area contributed by atoms with Crippen LogP contribution in [0, 0.1) is 0 Å². The lowest BCUT2D eigenvalue weighted by Crippen LogP contribution is -2.29. The Kier molecular flexibility index (Phi) is 35.0. The molecule has 0 saturated carbocycles. The number of rotatable bonds is 35. The van der Waals surface area contributed by atoms with Crippen molar-refractivity contribution in [2.45, 2.75) is 167 Å². The number of hydrogen-bond acceptors (Lipinski definition) is 7. The molecule has 0 saturated heterocycles. The Hall–Kier alpha value is -2.55. The Morgan fingerprint density at radius 1 is 0.596 bits per heavy atom. The number of carbonyl (C=O) groups excluding carboxylic acids is 2. The first-order valence-corrected chi connectivity index (χ1v) is 21.4. The van der Waals surface area contributed by atoms with Crippen LogP contribution in [0.5, 0.6) is 0 Å². The molecule has 0 radical (unpaired) electrons. The maximum atomic E-state index is 12.4. The smallest absolute Gasteiger partial charge is 0.462 e. The second-order valence-electron chi connectivity index (χ2n) is 13.1. The Labute approximate surface area is 315 Å². The highest BCUT2D eigenvalue weighted by molar-refractivity contribution is 7.46. The predicted molar refractivity (Wildman–Crippen MR) is 213 cm³/mol. The third-order valence-electron chi connectivity index (χ3n) is 8.11. The predicted octanol–water partition coefficient (Wildman–Crippen LogP) is 10.9. The van der Waals surface area contributed by atoms with Crippen LogP contribution in [0.1, 0.15) is 155 Å². The largest absolute Gasteiger partial charge is 0.469 e. The molecule has 52 heavy (non-hydrogen) atoms. The van der Waals surface area contributed by atoms with Crippen LogP contribution in [0.15, 0.2) is 72.9 Å². The number of esters is 2. The van der Waals surface area contributed by atoms with Crippen LogP contribution in [0.4, 0.5) is 0 Å². The summed E-state index contributed by atoms with van der Waals surface area (Å²) in [4.78, 5) is 42.8. The topological polar surface area (TPSA) is 140 Å². The number of hydrogen-bond donors (Lipinski definition) is 3. The van der Waals surface area contributed by atoms with Gasteiger partial charge < -0.3 is 24.4 Å². The molecule has 1 unspecified atom stereocenters. The van der Waals surface area contributed by atoms with E-state index in [-0.39, 0.29) is 19.3 Å². The number of aliphatic hydroxyl groups excluding tert-OH is 1. The number of carbonyl (C=O) groups is 2. The van der Waals surface area contributed by atoms with Gasteiger partial charge in [0.2, 0.25) is 0 Å². The van der Waals surface area contributed by atoms with E-state index >= 15 is 0 Å². The summed E-state index contributed by atoms with van der Waals surface area (Å²) >= 11 is 0. The molecule has 0 aliphatic rings. The number of phosphoric ester groups is 1. The van der Waals surface area contributed by atoms with E-state index in [0.717, 1.165) is 51.4 Å². The first-order chi connectivity index (χ1) is 25.2. The second-order valence-corrected chi connectivity index (χ2v) is 14.3. The molecule has 0 spiro atoms. The third kappa shape index (κ3) is 38.7. The molecule has 0 aromatic rings. The van der Waals surface area contributed by atoms with Crippen LogP contribution in [-0.4, -0.2) is 52.3 Å². The zero-order chi connectivity index (χ0) is 38.4. The Morgan fingerprint density at radius 2 is 1.08 bits per heavy atom. The fourth-order valence-electron chi connectivity index (χ4n) is 5.13. The lowest BCUT2D eigenvalue weighted by atomic mass is 10.0. The molecular weight excluding hydrogens is 679 g/mol. The maximum absolute atomic E-state index is 12.4. The van der Waals surface area contributed by atoms with E-state index in [2.05, 4.69) is 67.0 Å². The SMILES string of the molecule is CC/C=C\C/C=C\C/C=C\C/C=C\C/C=C\C=C/C(O)CCC(=O)OC[C@H](COP(=O)(O)O)OC(=O)CCCCCCCCCCCCCCCC. The van der Waals surface area contributed by atoms with Crippen LogP contribution in [0.3, 0.4) is 0 Å². The van der Waals surface area contributed by atoms with E-state index in [0.29, 0.717) is 6.42 Å². The van der Waals surface area contributed by atoms with Gasteiger partial charge in [0.1, 0.15) is 6.61 Å². The lowest BCUT2D eigenvalue weighted by Gasteiger charge is -2.18. The third-order valence-corrected chi connectivity index (χ3v) is 8.59. The number of ether oxygens (including phenoxy) is 2. The highest BCUT2D eigenvalue weighted by Gasteiger charge is 2.23. The quantitative estimate of drug-likeness (QED) is 0.0190. The minimum absolute atomic E-state index is 0.0871. The van der Waals surface area contributed by atoms with Gasteiger partial charge in [-0.25, -0.2) is 4.57 Å². The minimum Gasteiger partial charge on any atom is -0.462 e. The number of aliphatic hydroxyl groups is 1. The van der Waals surface area contributed by atoms with E-state index in [4.69, 9.17) is 19.3 Å². The molecule has 0 rings (SSSR count). The normalized spacial score (nSPS) is 13.9. The van der Waals surface area contributed by atoms with Crippen molar-refractivity contribution in [2.75, 3.05) is 13.2 Å². The number of allylic oxidation sites excluding steroid dienone is 11. The fraction of sp³-hybridized carbons (Fsp3) is 0.667. The molecule has 0 aromatic carbocycles. The molecule has 0 aliphatic carbocycles. The summed E-state index contributed by atoms with van der Waals surface area (Å²) in [6.45, 7) is 3.35. The molecule has 9 nitrogen and oxygen atoms in total. The van der Waals surface area contributed by atoms with Gasteiger partial charge in [-0.3, -0.25) is 14.1 Å². The van der Waals surface area contributed by atoms with Crippen molar-refractivity contribution < 1.29 is 43.0 Å². The van der Waals surface area contributed by atoms with Crippen LogP contribution in [0.2, 0.25) is 0 Å². The van der Waals surface area contributed by atoms with E-state index in [9.17, 15) is 19.3 Å². The van der Waals surface area contributed by atoms with Gasteiger partial charge in [-0.1, -0.05) is 170 Å². The van der Waals surface area contributed by atoms with E-state index in [1.165, 1.54) is 64.2 Å². The zero-order valence-electron chi connectivity index (χ0n) is 32.3. The molecule has 0 fully saturated rings. The number of unbranched alkanes of at least 4 members (excludes halogenated alkanes) is 13. The molecule has 0 bridgehead atoms.